The Labute approximate surface area is 158 Å². The molecule has 0 spiro atoms. The summed E-state index contributed by atoms with van der Waals surface area (Å²) in [6, 6.07) is 8.12. The minimum absolute atomic E-state index is 0.732. The minimum atomic E-state index is 0.732. The minimum Gasteiger partial charge on any atom is -0.350 e. The summed E-state index contributed by atoms with van der Waals surface area (Å²) in [7, 11) is 1.84. The van der Waals surface area contributed by atoms with Gasteiger partial charge in [0.15, 0.2) is 5.96 Å². The molecule has 5 nitrogen and oxygen atoms in total. The van der Waals surface area contributed by atoms with E-state index in [0.29, 0.717) is 0 Å². The van der Waals surface area contributed by atoms with E-state index in [1.54, 1.807) is 11.3 Å². The number of benzene rings is 1. The summed E-state index contributed by atoms with van der Waals surface area (Å²) >= 11 is 7.68. The van der Waals surface area contributed by atoms with Gasteiger partial charge in [0.2, 0.25) is 0 Å². The first-order valence-electron chi connectivity index (χ1n) is 8.48. The fourth-order valence-corrected chi connectivity index (χ4v) is 3.79. The Bertz CT molecular complexity index is 705. The van der Waals surface area contributed by atoms with E-state index >= 15 is 0 Å². The van der Waals surface area contributed by atoms with Gasteiger partial charge in [0.1, 0.15) is 5.01 Å². The number of nitrogens with one attached hydrogen (secondary N) is 1. The van der Waals surface area contributed by atoms with Gasteiger partial charge < -0.3 is 10.2 Å². The topological polar surface area (TPSA) is 43.8 Å². The first-order valence-corrected chi connectivity index (χ1v) is 9.67. The third kappa shape index (κ3) is 5.17. The van der Waals surface area contributed by atoms with E-state index in [1.165, 1.54) is 10.4 Å². The SMILES string of the molecule is CN=C(NCc1ncc(C)s1)N1CCN(Cc2ccc(Cl)cc2)CC1. The number of hydrogen-bond donors (Lipinski definition) is 1. The van der Waals surface area contributed by atoms with E-state index in [-0.39, 0.29) is 0 Å². The molecule has 7 heteroatoms. The molecule has 0 radical (unpaired) electrons. The van der Waals surface area contributed by atoms with Gasteiger partial charge in [-0.1, -0.05) is 23.7 Å². The predicted molar refractivity (Wildman–Crippen MR) is 105 cm³/mol. The molecular weight excluding hydrogens is 354 g/mol. The summed E-state index contributed by atoms with van der Waals surface area (Å²) in [6.07, 6.45) is 1.92. The average molecular weight is 378 g/mol. The van der Waals surface area contributed by atoms with Gasteiger partial charge in [-0.3, -0.25) is 9.89 Å². The van der Waals surface area contributed by atoms with Crippen molar-refractivity contribution in [3.05, 3.63) is 50.9 Å². The molecule has 1 aromatic carbocycles. The van der Waals surface area contributed by atoms with Gasteiger partial charge in [-0.2, -0.15) is 0 Å². The molecule has 0 amide bonds. The predicted octanol–water partition coefficient (Wildman–Crippen LogP) is 3.00. The maximum absolute atomic E-state index is 5.96. The van der Waals surface area contributed by atoms with Gasteiger partial charge >= 0.3 is 0 Å². The number of hydrogen-bond acceptors (Lipinski definition) is 4. The lowest BCUT2D eigenvalue weighted by molar-refractivity contribution is 0.172. The second-order valence-electron chi connectivity index (χ2n) is 6.16. The number of halogens is 1. The number of guanidine groups is 1. The average Bonchev–Trinajstić information content (AvgIpc) is 3.04. The third-order valence-corrected chi connectivity index (χ3v) is 5.43. The Hall–Kier alpha value is -1.63. The van der Waals surface area contributed by atoms with Crippen molar-refractivity contribution in [2.24, 2.45) is 4.99 Å². The van der Waals surface area contributed by atoms with Crippen LogP contribution >= 0.6 is 22.9 Å². The number of thiazole rings is 1. The third-order valence-electron chi connectivity index (χ3n) is 4.27. The number of rotatable bonds is 4. The van der Waals surface area contributed by atoms with Crippen LogP contribution in [-0.2, 0) is 13.1 Å². The summed E-state index contributed by atoms with van der Waals surface area (Å²) in [4.78, 5) is 14.9. The normalized spacial score (nSPS) is 16.3. The molecule has 25 heavy (non-hydrogen) atoms. The highest BCUT2D eigenvalue weighted by atomic mass is 35.5. The van der Waals surface area contributed by atoms with E-state index in [9.17, 15) is 0 Å². The van der Waals surface area contributed by atoms with Crippen molar-refractivity contribution in [2.75, 3.05) is 33.2 Å². The molecule has 2 heterocycles. The largest absolute Gasteiger partial charge is 0.350 e. The van der Waals surface area contributed by atoms with Crippen molar-refractivity contribution in [1.82, 2.24) is 20.1 Å². The molecule has 1 saturated heterocycles. The summed E-state index contributed by atoms with van der Waals surface area (Å²) in [5.41, 5.74) is 1.31. The van der Waals surface area contributed by atoms with Gasteiger partial charge in [-0.25, -0.2) is 4.98 Å². The van der Waals surface area contributed by atoms with E-state index in [2.05, 4.69) is 44.1 Å². The second kappa shape index (κ2) is 8.65. The van der Waals surface area contributed by atoms with Crippen molar-refractivity contribution in [1.29, 1.82) is 0 Å². The number of nitrogens with zero attached hydrogens (tertiary/aromatic N) is 4. The molecule has 1 aliphatic rings. The van der Waals surface area contributed by atoms with Crippen molar-refractivity contribution in [2.45, 2.75) is 20.0 Å². The molecule has 3 rings (SSSR count). The van der Waals surface area contributed by atoms with Gasteiger partial charge in [0, 0.05) is 55.9 Å². The highest BCUT2D eigenvalue weighted by molar-refractivity contribution is 7.11. The van der Waals surface area contributed by atoms with Crippen LogP contribution in [0.4, 0.5) is 0 Å². The fraction of sp³-hybridized carbons (Fsp3) is 0.444. The lowest BCUT2D eigenvalue weighted by Gasteiger charge is -2.36. The maximum atomic E-state index is 5.96. The molecule has 0 bridgehead atoms. The molecule has 1 aromatic heterocycles. The number of piperazine rings is 1. The molecular formula is C18H24ClN5S. The summed E-state index contributed by atoms with van der Waals surface area (Å²) in [5.74, 6) is 0.957. The summed E-state index contributed by atoms with van der Waals surface area (Å²) < 4.78 is 0. The van der Waals surface area contributed by atoms with Crippen LogP contribution in [0.25, 0.3) is 0 Å². The Kier molecular flexibility index (Phi) is 6.29. The molecule has 0 atom stereocenters. The second-order valence-corrected chi connectivity index (χ2v) is 7.91. The molecule has 0 aliphatic carbocycles. The van der Waals surface area contributed by atoms with Crippen molar-refractivity contribution < 1.29 is 0 Å². The van der Waals surface area contributed by atoms with E-state index in [4.69, 9.17) is 11.6 Å². The van der Waals surface area contributed by atoms with Crippen molar-refractivity contribution in [3.8, 4) is 0 Å². The van der Waals surface area contributed by atoms with Gasteiger partial charge in [0.25, 0.3) is 0 Å². The Morgan fingerprint density at radius 3 is 2.56 bits per heavy atom. The zero-order chi connectivity index (χ0) is 17.6. The van der Waals surface area contributed by atoms with Crippen LogP contribution in [-0.4, -0.2) is 54.0 Å². The van der Waals surface area contributed by atoms with Gasteiger partial charge in [-0.15, -0.1) is 11.3 Å². The highest BCUT2D eigenvalue weighted by Gasteiger charge is 2.19. The zero-order valence-electron chi connectivity index (χ0n) is 14.7. The Morgan fingerprint density at radius 2 is 1.96 bits per heavy atom. The first kappa shape index (κ1) is 18.2. The number of aromatic nitrogens is 1. The molecule has 134 valence electrons. The zero-order valence-corrected chi connectivity index (χ0v) is 16.3. The molecule has 2 aromatic rings. The van der Waals surface area contributed by atoms with Crippen LogP contribution in [0.2, 0.25) is 5.02 Å². The summed E-state index contributed by atoms with van der Waals surface area (Å²) in [6.45, 7) is 7.79. The molecule has 0 unspecified atom stereocenters. The fourth-order valence-electron chi connectivity index (χ4n) is 2.94. The number of aryl methyl sites for hydroxylation is 1. The smallest absolute Gasteiger partial charge is 0.194 e. The quantitative estimate of drug-likeness (QED) is 0.657. The highest BCUT2D eigenvalue weighted by Crippen LogP contribution is 2.14. The van der Waals surface area contributed by atoms with Crippen molar-refractivity contribution in [3.63, 3.8) is 0 Å². The monoisotopic (exact) mass is 377 g/mol. The first-order chi connectivity index (χ1) is 12.1. The molecule has 1 aliphatic heterocycles. The lowest BCUT2D eigenvalue weighted by atomic mass is 10.2. The molecule has 1 N–H and O–H groups in total. The van der Waals surface area contributed by atoms with E-state index in [0.717, 1.165) is 55.3 Å². The number of aliphatic imine (C=N–C) groups is 1. The van der Waals surface area contributed by atoms with Gasteiger partial charge in [-0.05, 0) is 24.6 Å². The van der Waals surface area contributed by atoms with Crippen LogP contribution < -0.4 is 5.32 Å². The van der Waals surface area contributed by atoms with E-state index < -0.39 is 0 Å². The summed E-state index contributed by atoms with van der Waals surface area (Å²) in [5, 5.41) is 5.32. The Morgan fingerprint density at radius 1 is 1.24 bits per heavy atom. The van der Waals surface area contributed by atoms with Crippen LogP contribution in [0.1, 0.15) is 15.4 Å². The van der Waals surface area contributed by atoms with Crippen molar-refractivity contribution >= 4 is 28.9 Å². The van der Waals surface area contributed by atoms with E-state index in [1.807, 2.05) is 25.4 Å². The molecule has 1 fully saturated rings. The molecule has 0 saturated carbocycles. The van der Waals surface area contributed by atoms with Crippen LogP contribution in [0.3, 0.4) is 0 Å². The Balaban J connectivity index is 1.47. The maximum Gasteiger partial charge on any atom is 0.194 e. The van der Waals surface area contributed by atoms with Crippen LogP contribution in [0, 0.1) is 6.92 Å². The van der Waals surface area contributed by atoms with Gasteiger partial charge in [0.05, 0.1) is 6.54 Å². The lowest BCUT2D eigenvalue weighted by Crippen LogP contribution is -2.52. The van der Waals surface area contributed by atoms with Crippen LogP contribution in [0.15, 0.2) is 35.5 Å². The van der Waals surface area contributed by atoms with Crippen LogP contribution in [0.5, 0.6) is 0 Å². The standard InChI is InChI=1S/C18H24ClN5S/c1-14-11-21-17(25-14)12-22-18(20-2)24-9-7-23(8-10-24)13-15-3-5-16(19)6-4-15/h3-6,11H,7-10,12-13H2,1-2H3,(H,20,22).